The summed E-state index contributed by atoms with van der Waals surface area (Å²) in [6.07, 6.45) is 2.69. The van der Waals surface area contributed by atoms with Gasteiger partial charge in [0.2, 0.25) is 0 Å². The highest BCUT2D eigenvalue weighted by molar-refractivity contribution is 5.43. The first-order chi connectivity index (χ1) is 9.73. The number of nitrogens with zero attached hydrogens (tertiary/aromatic N) is 1. The lowest BCUT2D eigenvalue weighted by molar-refractivity contribution is 0.248. The molecule has 0 saturated heterocycles. The van der Waals surface area contributed by atoms with Crippen molar-refractivity contribution in [2.75, 3.05) is 34.4 Å². The smallest absolute Gasteiger partial charge is 0.161 e. The van der Waals surface area contributed by atoms with Gasteiger partial charge in [0.1, 0.15) is 0 Å². The Bertz CT molecular complexity index is 432. The summed E-state index contributed by atoms with van der Waals surface area (Å²) >= 11 is 0. The first-order valence-electron chi connectivity index (χ1n) is 7.36. The number of benzene rings is 1. The van der Waals surface area contributed by atoms with Gasteiger partial charge in [-0.25, -0.2) is 0 Å². The van der Waals surface area contributed by atoms with Crippen molar-refractivity contribution in [2.24, 2.45) is 0 Å². The predicted octanol–water partition coefficient (Wildman–Crippen LogP) is 2.45. The fourth-order valence-electron chi connectivity index (χ4n) is 2.64. The quantitative estimate of drug-likeness (QED) is 0.792. The van der Waals surface area contributed by atoms with Gasteiger partial charge in [-0.1, -0.05) is 13.0 Å². The van der Waals surface area contributed by atoms with E-state index < -0.39 is 0 Å². The van der Waals surface area contributed by atoms with Gasteiger partial charge in [-0.15, -0.1) is 0 Å². The molecule has 1 unspecified atom stereocenters. The number of hydrogen-bond acceptors (Lipinski definition) is 4. The van der Waals surface area contributed by atoms with E-state index in [4.69, 9.17) is 9.47 Å². The molecule has 0 heterocycles. The third-order valence-electron chi connectivity index (χ3n) is 4.04. The fourth-order valence-corrected chi connectivity index (χ4v) is 2.64. The van der Waals surface area contributed by atoms with Crippen LogP contribution in [0.3, 0.4) is 0 Å². The van der Waals surface area contributed by atoms with Crippen LogP contribution in [0.2, 0.25) is 0 Å². The standard InChI is InChI=1S/C16H26N2O2/c1-5-18(13-7-8-13)11-14(17-2)12-6-9-15(19-3)16(10-12)20-4/h6,9-10,13-14,17H,5,7-8,11H2,1-4H3. The van der Waals surface area contributed by atoms with Crippen LogP contribution in [-0.2, 0) is 0 Å². The molecule has 0 amide bonds. The van der Waals surface area contributed by atoms with Crippen LogP contribution in [0.15, 0.2) is 18.2 Å². The molecule has 20 heavy (non-hydrogen) atoms. The summed E-state index contributed by atoms with van der Waals surface area (Å²) in [7, 11) is 5.36. The average molecular weight is 278 g/mol. The molecular formula is C16H26N2O2. The molecule has 1 aliphatic carbocycles. The maximum absolute atomic E-state index is 5.40. The van der Waals surface area contributed by atoms with Crippen LogP contribution in [0.25, 0.3) is 0 Å². The van der Waals surface area contributed by atoms with Crippen LogP contribution in [0, 0.1) is 0 Å². The molecule has 0 aromatic heterocycles. The van der Waals surface area contributed by atoms with E-state index in [0.29, 0.717) is 6.04 Å². The summed E-state index contributed by atoms with van der Waals surface area (Å²) in [6, 6.07) is 7.27. The molecule has 1 N–H and O–H groups in total. The molecule has 1 saturated carbocycles. The molecule has 112 valence electrons. The molecule has 1 aromatic rings. The summed E-state index contributed by atoms with van der Waals surface area (Å²) in [6.45, 7) is 4.38. The highest BCUT2D eigenvalue weighted by Gasteiger charge is 2.29. The summed E-state index contributed by atoms with van der Waals surface area (Å²) in [5.41, 5.74) is 1.24. The van der Waals surface area contributed by atoms with Crippen LogP contribution >= 0.6 is 0 Å². The molecule has 0 spiro atoms. The van der Waals surface area contributed by atoms with E-state index in [2.05, 4.69) is 29.3 Å². The number of nitrogens with one attached hydrogen (secondary N) is 1. The molecule has 1 atom stereocenters. The van der Waals surface area contributed by atoms with Crippen molar-refractivity contribution in [1.29, 1.82) is 0 Å². The monoisotopic (exact) mass is 278 g/mol. The van der Waals surface area contributed by atoms with Gasteiger partial charge < -0.3 is 14.8 Å². The molecule has 4 nitrogen and oxygen atoms in total. The summed E-state index contributed by atoms with van der Waals surface area (Å²) in [4.78, 5) is 2.55. The number of ether oxygens (including phenoxy) is 2. The topological polar surface area (TPSA) is 33.7 Å². The molecule has 0 radical (unpaired) electrons. The lowest BCUT2D eigenvalue weighted by Gasteiger charge is -2.27. The number of methoxy groups -OCH3 is 2. The number of hydrogen-bond donors (Lipinski definition) is 1. The largest absolute Gasteiger partial charge is 0.493 e. The Morgan fingerprint density at radius 2 is 1.95 bits per heavy atom. The number of rotatable bonds is 8. The average Bonchev–Trinajstić information content (AvgIpc) is 3.32. The Balaban J connectivity index is 2.13. The zero-order valence-corrected chi connectivity index (χ0v) is 13.0. The van der Waals surface area contributed by atoms with Crippen molar-refractivity contribution in [3.63, 3.8) is 0 Å². The lowest BCUT2D eigenvalue weighted by atomic mass is 10.1. The number of likely N-dealkylation sites (N-methyl/N-ethyl adjacent to an activating group) is 2. The van der Waals surface area contributed by atoms with E-state index in [0.717, 1.165) is 30.6 Å². The van der Waals surface area contributed by atoms with Gasteiger partial charge in [0.15, 0.2) is 11.5 Å². The maximum atomic E-state index is 5.40. The SMILES string of the molecule is CCN(CC(NC)c1ccc(OC)c(OC)c1)C1CC1. The molecule has 4 heteroatoms. The molecule has 1 fully saturated rings. The van der Waals surface area contributed by atoms with Crippen molar-refractivity contribution in [3.05, 3.63) is 23.8 Å². The van der Waals surface area contributed by atoms with E-state index in [1.165, 1.54) is 18.4 Å². The fraction of sp³-hybridized carbons (Fsp3) is 0.625. The first kappa shape index (κ1) is 15.1. The van der Waals surface area contributed by atoms with Crippen molar-refractivity contribution >= 4 is 0 Å². The summed E-state index contributed by atoms with van der Waals surface area (Å²) < 4.78 is 10.7. The van der Waals surface area contributed by atoms with Crippen LogP contribution in [0.4, 0.5) is 0 Å². The highest BCUT2D eigenvalue weighted by atomic mass is 16.5. The normalized spacial score (nSPS) is 16.2. The Morgan fingerprint density at radius 1 is 1.25 bits per heavy atom. The molecule has 1 aliphatic rings. The molecule has 0 bridgehead atoms. The van der Waals surface area contributed by atoms with Gasteiger partial charge in [0.25, 0.3) is 0 Å². The second kappa shape index (κ2) is 6.95. The van der Waals surface area contributed by atoms with E-state index in [1.54, 1.807) is 14.2 Å². The van der Waals surface area contributed by atoms with Gasteiger partial charge in [0.05, 0.1) is 14.2 Å². The van der Waals surface area contributed by atoms with Crippen LogP contribution in [0.5, 0.6) is 11.5 Å². The third-order valence-corrected chi connectivity index (χ3v) is 4.04. The van der Waals surface area contributed by atoms with E-state index in [9.17, 15) is 0 Å². The molecule has 0 aliphatic heterocycles. The van der Waals surface area contributed by atoms with Crippen molar-refractivity contribution < 1.29 is 9.47 Å². The lowest BCUT2D eigenvalue weighted by Crippen LogP contribution is -2.35. The van der Waals surface area contributed by atoms with E-state index >= 15 is 0 Å². The van der Waals surface area contributed by atoms with Gasteiger partial charge >= 0.3 is 0 Å². The molecular weight excluding hydrogens is 252 g/mol. The summed E-state index contributed by atoms with van der Waals surface area (Å²) in [5.74, 6) is 1.57. The van der Waals surface area contributed by atoms with Gasteiger partial charge in [-0.3, -0.25) is 4.90 Å². The molecule has 2 rings (SSSR count). The van der Waals surface area contributed by atoms with Gasteiger partial charge in [-0.2, -0.15) is 0 Å². The van der Waals surface area contributed by atoms with Gasteiger partial charge in [-0.05, 0) is 44.1 Å². The van der Waals surface area contributed by atoms with E-state index in [-0.39, 0.29) is 0 Å². The van der Waals surface area contributed by atoms with Crippen molar-refractivity contribution in [1.82, 2.24) is 10.2 Å². The van der Waals surface area contributed by atoms with Gasteiger partial charge in [0, 0.05) is 18.6 Å². The highest BCUT2D eigenvalue weighted by Crippen LogP contribution is 2.32. The third kappa shape index (κ3) is 3.44. The Hall–Kier alpha value is -1.26. The second-order valence-corrected chi connectivity index (χ2v) is 5.27. The van der Waals surface area contributed by atoms with Crippen molar-refractivity contribution in [3.8, 4) is 11.5 Å². The van der Waals surface area contributed by atoms with Crippen molar-refractivity contribution in [2.45, 2.75) is 31.8 Å². The summed E-state index contributed by atoms with van der Waals surface area (Å²) in [5, 5.41) is 3.42. The second-order valence-electron chi connectivity index (χ2n) is 5.27. The first-order valence-corrected chi connectivity index (χ1v) is 7.36. The van der Waals surface area contributed by atoms with Crippen LogP contribution < -0.4 is 14.8 Å². The minimum atomic E-state index is 0.315. The zero-order chi connectivity index (χ0) is 14.5. The maximum Gasteiger partial charge on any atom is 0.161 e. The Kier molecular flexibility index (Phi) is 5.26. The van der Waals surface area contributed by atoms with Crippen LogP contribution in [0.1, 0.15) is 31.4 Å². The van der Waals surface area contributed by atoms with Crippen LogP contribution in [-0.4, -0.2) is 45.3 Å². The minimum absolute atomic E-state index is 0.315. The Morgan fingerprint density at radius 3 is 2.45 bits per heavy atom. The zero-order valence-electron chi connectivity index (χ0n) is 13.0. The predicted molar refractivity (Wildman–Crippen MR) is 81.6 cm³/mol. The molecule has 1 aromatic carbocycles. The Labute approximate surface area is 122 Å². The minimum Gasteiger partial charge on any atom is -0.493 e. The van der Waals surface area contributed by atoms with E-state index in [1.807, 2.05) is 13.1 Å².